The first-order valence-corrected chi connectivity index (χ1v) is 12.4. The number of aryl methyl sites for hydroxylation is 3. The summed E-state index contributed by atoms with van der Waals surface area (Å²) < 4.78 is 28.3. The molecule has 1 heterocycles. The number of nitrogens with zero attached hydrogens (tertiary/aromatic N) is 3. The monoisotopic (exact) mass is 476 g/mol. The highest BCUT2D eigenvalue weighted by Gasteiger charge is 2.20. The third-order valence-electron chi connectivity index (χ3n) is 5.34. The summed E-state index contributed by atoms with van der Waals surface area (Å²) in [4.78, 5) is 17.4. The van der Waals surface area contributed by atoms with Crippen molar-refractivity contribution >= 4 is 44.3 Å². The fraction of sp³-hybridized carbons (Fsp3) is 0.391. The smallest absolute Gasteiger partial charge is 0.242 e. The Kier molecular flexibility index (Phi) is 7.59. The third-order valence-corrected chi connectivity index (χ3v) is 7.56. The lowest BCUT2D eigenvalue weighted by Gasteiger charge is -2.11. The summed E-state index contributed by atoms with van der Waals surface area (Å²) in [5, 5.41) is 3.48. The molecule has 0 aliphatic carbocycles. The van der Waals surface area contributed by atoms with Crippen molar-refractivity contribution in [3.8, 4) is 0 Å². The van der Waals surface area contributed by atoms with Crippen molar-refractivity contribution in [3.63, 3.8) is 0 Å². The predicted molar refractivity (Wildman–Crippen MR) is 129 cm³/mol. The van der Waals surface area contributed by atoms with Crippen LogP contribution >= 0.6 is 11.6 Å². The first-order valence-electron chi connectivity index (χ1n) is 10.6. The van der Waals surface area contributed by atoms with E-state index < -0.39 is 10.0 Å². The van der Waals surface area contributed by atoms with Crippen LogP contribution in [0.4, 0.5) is 5.69 Å². The summed E-state index contributed by atoms with van der Waals surface area (Å²) >= 11 is 6.14. The number of halogens is 1. The van der Waals surface area contributed by atoms with E-state index in [0.717, 1.165) is 36.3 Å². The molecule has 3 rings (SSSR count). The van der Waals surface area contributed by atoms with Gasteiger partial charge >= 0.3 is 0 Å². The number of nitrogens with one attached hydrogen (secondary N) is 1. The van der Waals surface area contributed by atoms with Gasteiger partial charge in [-0.25, -0.2) is 17.7 Å². The molecule has 0 aliphatic heterocycles. The van der Waals surface area contributed by atoms with E-state index in [0.29, 0.717) is 22.6 Å². The number of amides is 1. The molecule has 0 saturated carbocycles. The number of carbonyl (C=O) groups excluding carboxylic acids is 1. The first kappa shape index (κ1) is 24.2. The van der Waals surface area contributed by atoms with Gasteiger partial charge in [0.15, 0.2) is 0 Å². The van der Waals surface area contributed by atoms with E-state index >= 15 is 0 Å². The van der Waals surface area contributed by atoms with Crippen molar-refractivity contribution in [3.05, 3.63) is 52.8 Å². The van der Waals surface area contributed by atoms with Crippen LogP contribution in [0.3, 0.4) is 0 Å². The minimum absolute atomic E-state index is 0.130. The van der Waals surface area contributed by atoms with Crippen LogP contribution in [0.25, 0.3) is 11.0 Å². The Bertz CT molecular complexity index is 1240. The number of sulfonamides is 1. The summed E-state index contributed by atoms with van der Waals surface area (Å²) in [6, 6.07) is 10.4. The van der Waals surface area contributed by atoms with Crippen LogP contribution in [-0.2, 0) is 27.8 Å². The molecule has 0 aliphatic rings. The molecule has 7 nitrogen and oxygen atoms in total. The molecule has 0 atom stereocenters. The molecule has 0 unspecified atom stereocenters. The summed E-state index contributed by atoms with van der Waals surface area (Å²) in [5.41, 5.74) is 3.09. The van der Waals surface area contributed by atoms with Gasteiger partial charge in [0, 0.05) is 44.2 Å². The van der Waals surface area contributed by atoms with Gasteiger partial charge in [-0.15, -0.1) is 0 Å². The molecule has 1 N–H and O–H groups in total. The van der Waals surface area contributed by atoms with Gasteiger partial charge in [-0.3, -0.25) is 4.79 Å². The van der Waals surface area contributed by atoms with Crippen molar-refractivity contribution in [1.82, 2.24) is 13.9 Å². The van der Waals surface area contributed by atoms with Crippen LogP contribution < -0.4 is 5.32 Å². The molecule has 172 valence electrons. The number of benzene rings is 2. The van der Waals surface area contributed by atoms with E-state index in [2.05, 4.69) is 21.8 Å². The van der Waals surface area contributed by atoms with Gasteiger partial charge < -0.3 is 9.88 Å². The van der Waals surface area contributed by atoms with Gasteiger partial charge in [0.2, 0.25) is 15.9 Å². The fourth-order valence-electron chi connectivity index (χ4n) is 3.41. The Balaban J connectivity index is 1.83. The SMILES string of the molecule is CCCCn1c(CCC(=O)Nc2ccc(C)c(Cl)c2)nc2cc(S(=O)(=O)N(C)C)ccc21. The van der Waals surface area contributed by atoms with Crippen LogP contribution in [0.1, 0.15) is 37.6 Å². The predicted octanol–water partition coefficient (Wildman–Crippen LogP) is 4.62. The van der Waals surface area contributed by atoms with Gasteiger partial charge in [-0.05, 0) is 49.2 Å². The molecule has 32 heavy (non-hydrogen) atoms. The summed E-state index contributed by atoms with van der Waals surface area (Å²) in [7, 11) is -0.537. The number of fused-ring (bicyclic) bond motifs is 1. The van der Waals surface area contributed by atoms with Crippen LogP contribution in [0.5, 0.6) is 0 Å². The number of rotatable bonds is 9. The van der Waals surface area contributed by atoms with E-state index in [9.17, 15) is 13.2 Å². The number of carbonyl (C=O) groups is 1. The molecule has 3 aromatic rings. The fourth-order valence-corrected chi connectivity index (χ4v) is 4.51. The maximum absolute atomic E-state index is 12.5. The van der Waals surface area contributed by atoms with E-state index in [4.69, 9.17) is 11.6 Å². The lowest BCUT2D eigenvalue weighted by molar-refractivity contribution is -0.116. The van der Waals surface area contributed by atoms with Crippen molar-refractivity contribution in [2.24, 2.45) is 0 Å². The van der Waals surface area contributed by atoms with Crippen molar-refractivity contribution in [1.29, 1.82) is 0 Å². The van der Waals surface area contributed by atoms with Gasteiger partial charge in [0.1, 0.15) is 5.82 Å². The molecule has 1 aromatic heterocycles. The zero-order valence-electron chi connectivity index (χ0n) is 18.9. The lowest BCUT2D eigenvalue weighted by atomic mass is 10.2. The summed E-state index contributed by atoms with van der Waals surface area (Å²) in [6.07, 6.45) is 2.68. The highest BCUT2D eigenvalue weighted by molar-refractivity contribution is 7.89. The Morgan fingerprint density at radius 3 is 2.59 bits per heavy atom. The maximum Gasteiger partial charge on any atom is 0.242 e. The van der Waals surface area contributed by atoms with Crippen LogP contribution in [0, 0.1) is 6.92 Å². The molecule has 2 aromatic carbocycles. The average Bonchev–Trinajstić information content (AvgIpc) is 3.09. The molecular formula is C23H29ClN4O3S. The van der Waals surface area contributed by atoms with E-state index in [1.54, 1.807) is 24.3 Å². The zero-order valence-corrected chi connectivity index (χ0v) is 20.4. The summed E-state index contributed by atoms with van der Waals surface area (Å²) in [6.45, 7) is 4.78. The minimum atomic E-state index is -3.55. The number of hydrogen-bond donors (Lipinski definition) is 1. The molecule has 0 bridgehead atoms. The minimum Gasteiger partial charge on any atom is -0.328 e. The summed E-state index contributed by atoms with van der Waals surface area (Å²) in [5.74, 6) is 0.639. The van der Waals surface area contributed by atoms with Crippen molar-refractivity contribution in [2.75, 3.05) is 19.4 Å². The standard InChI is InChI=1S/C23H29ClN4O3S/c1-5-6-13-28-21-10-9-18(32(30,31)27(3)4)15-20(21)26-22(28)11-12-23(29)25-17-8-7-16(2)19(24)14-17/h7-10,14-15H,5-6,11-13H2,1-4H3,(H,25,29). The molecule has 0 saturated heterocycles. The van der Waals surface area contributed by atoms with Gasteiger partial charge in [-0.2, -0.15) is 0 Å². The second kappa shape index (κ2) is 10.0. The Hall–Kier alpha value is -2.42. The second-order valence-electron chi connectivity index (χ2n) is 7.98. The van der Waals surface area contributed by atoms with Gasteiger partial charge in [-0.1, -0.05) is 31.0 Å². The average molecular weight is 477 g/mol. The van der Waals surface area contributed by atoms with Crippen molar-refractivity contribution < 1.29 is 13.2 Å². The zero-order chi connectivity index (χ0) is 23.5. The third kappa shape index (κ3) is 5.31. The number of aromatic nitrogens is 2. The van der Waals surface area contributed by atoms with Crippen LogP contribution in [-0.4, -0.2) is 42.3 Å². The number of hydrogen-bond acceptors (Lipinski definition) is 4. The Morgan fingerprint density at radius 2 is 1.94 bits per heavy atom. The van der Waals surface area contributed by atoms with Crippen molar-refractivity contribution in [2.45, 2.75) is 51.0 Å². The molecule has 0 radical (unpaired) electrons. The second-order valence-corrected chi connectivity index (χ2v) is 10.5. The quantitative estimate of drug-likeness (QED) is 0.488. The van der Waals surface area contributed by atoms with E-state index in [1.807, 2.05) is 19.1 Å². The Labute approximate surface area is 194 Å². The molecule has 0 spiro atoms. The molecular weight excluding hydrogens is 448 g/mol. The Morgan fingerprint density at radius 1 is 1.19 bits per heavy atom. The highest BCUT2D eigenvalue weighted by Crippen LogP contribution is 2.24. The molecule has 0 fully saturated rings. The number of imidazole rings is 1. The van der Waals surface area contributed by atoms with Gasteiger partial charge in [0.25, 0.3) is 0 Å². The first-order chi connectivity index (χ1) is 15.1. The number of anilines is 1. The topological polar surface area (TPSA) is 84.3 Å². The molecule has 1 amide bonds. The van der Waals surface area contributed by atoms with Crippen LogP contribution in [0.2, 0.25) is 5.02 Å². The lowest BCUT2D eigenvalue weighted by Crippen LogP contribution is -2.22. The molecule has 9 heteroatoms. The van der Waals surface area contributed by atoms with E-state index in [1.165, 1.54) is 18.4 Å². The van der Waals surface area contributed by atoms with Gasteiger partial charge in [0.05, 0.1) is 15.9 Å². The number of unbranched alkanes of at least 4 members (excludes halogenated alkanes) is 1. The largest absolute Gasteiger partial charge is 0.328 e. The maximum atomic E-state index is 12.5. The van der Waals surface area contributed by atoms with Crippen LogP contribution in [0.15, 0.2) is 41.3 Å². The normalized spacial score (nSPS) is 11.9. The van der Waals surface area contributed by atoms with E-state index in [-0.39, 0.29) is 17.2 Å². The highest BCUT2D eigenvalue weighted by atomic mass is 35.5.